The molecule has 0 aromatic heterocycles. The fourth-order valence-electron chi connectivity index (χ4n) is 2.91. The lowest BCUT2D eigenvalue weighted by molar-refractivity contribution is -0.130. The highest BCUT2D eigenvalue weighted by Gasteiger charge is 2.23. The standard InChI is InChI=1S/C17H21N3O3/c1-20-16(21)7-6-14(19-20)17(22)18-11-12-8-9-23-15-5-3-2-4-13(15)10-12/h2-5,12H,6-11H2,1H3,(H,18,22)/t12-/m0/s1. The van der Waals surface area contributed by atoms with Crippen molar-refractivity contribution in [3.05, 3.63) is 29.8 Å². The minimum absolute atomic E-state index is 0.0564. The molecule has 6 heteroatoms. The molecule has 6 nitrogen and oxygen atoms in total. The van der Waals surface area contributed by atoms with Crippen LogP contribution in [0.3, 0.4) is 0 Å². The summed E-state index contributed by atoms with van der Waals surface area (Å²) in [6.45, 7) is 1.25. The SMILES string of the molecule is CN1N=C(C(=O)NC[C@H]2CCOc3ccccc3C2)CCC1=O. The number of amides is 2. The van der Waals surface area contributed by atoms with Crippen LogP contribution in [0.4, 0.5) is 0 Å². The monoisotopic (exact) mass is 315 g/mol. The lowest BCUT2D eigenvalue weighted by Crippen LogP contribution is -2.39. The molecule has 0 saturated heterocycles. The summed E-state index contributed by atoms with van der Waals surface area (Å²) in [5.41, 5.74) is 1.61. The molecule has 2 aliphatic rings. The summed E-state index contributed by atoms with van der Waals surface area (Å²) in [7, 11) is 1.58. The number of carbonyl (C=O) groups excluding carboxylic acids is 2. The lowest BCUT2D eigenvalue weighted by atomic mass is 9.97. The molecule has 0 spiro atoms. The number of nitrogens with zero attached hydrogens (tertiary/aromatic N) is 2. The Hall–Kier alpha value is -2.37. The van der Waals surface area contributed by atoms with Crippen molar-refractivity contribution in [1.82, 2.24) is 10.3 Å². The van der Waals surface area contributed by atoms with Crippen LogP contribution in [-0.2, 0) is 16.0 Å². The zero-order chi connectivity index (χ0) is 16.2. The molecule has 0 saturated carbocycles. The minimum atomic E-state index is -0.178. The van der Waals surface area contributed by atoms with Crippen molar-refractivity contribution in [2.24, 2.45) is 11.0 Å². The molecule has 2 heterocycles. The summed E-state index contributed by atoms with van der Waals surface area (Å²) >= 11 is 0. The molecule has 1 N–H and O–H groups in total. The summed E-state index contributed by atoms with van der Waals surface area (Å²) in [6, 6.07) is 8.04. The number of carbonyl (C=O) groups is 2. The zero-order valence-electron chi connectivity index (χ0n) is 13.2. The number of hydrazone groups is 1. The van der Waals surface area contributed by atoms with Gasteiger partial charge in [0.05, 0.1) is 6.61 Å². The average Bonchev–Trinajstić information content (AvgIpc) is 2.77. The average molecular weight is 315 g/mol. The summed E-state index contributed by atoms with van der Waals surface area (Å²) in [6.07, 6.45) is 2.54. The van der Waals surface area contributed by atoms with E-state index >= 15 is 0 Å². The lowest BCUT2D eigenvalue weighted by Gasteiger charge is -2.20. The van der Waals surface area contributed by atoms with Crippen molar-refractivity contribution in [1.29, 1.82) is 0 Å². The van der Waals surface area contributed by atoms with E-state index in [1.165, 1.54) is 10.6 Å². The fourth-order valence-corrected chi connectivity index (χ4v) is 2.91. The number of fused-ring (bicyclic) bond motifs is 1. The van der Waals surface area contributed by atoms with Gasteiger partial charge in [0.25, 0.3) is 5.91 Å². The zero-order valence-corrected chi connectivity index (χ0v) is 13.2. The Labute approximate surface area is 135 Å². The van der Waals surface area contributed by atoms with Crippen molar-refractivity contribution in [3.63, 3.8) is 0 Å². The summed E-state index contributed by atoms with van der Waals surface area (Å²) < 4.78 is 5.75. The first-order chi connectivity index (χ1) is 11.1. The van der Waals surface area contributed by atoms with Gasteiger partial charge in [0.2, 0.25) is 5.91 Å². The van der Waals surface area contributed by atoms with Gasteiger partial charge in [-0.15, -0.1) is 0 Å². The van der Waals surface area contributed by atoms with E-state index in [1.807, 2.05) is 18.2 Å². The van der Waals surface area contributed by atoms with Gasteiger partial charge in [-0.05, 0) is 30.4 Å². The first-order valence-electron chi connectivity index (χ1n) is 7.96. The van der Waals surface area contributed by atoms with E-state index in [4.69, 9.17) is 4.74 Å². The van der Waals surface area contributed by atoms with Crippen LogP contribution in [0.25, 0.3) is 0 Å². The topological polar surface area (TPSA) is 71.0 Å². The highest BCUT2D eigenvalue weighted by Crippen LogP contribution is 2.26. The largest absolute Gasteiger partial charge is 0.493 e. The van der Waals surface area contributed by atoms with Crippen molar-refractivity contribution in [2.45, 2.75) is 25.7 Å². The highest BCUT2D eigenvalue weighted by molar-refractivity contribution is 6.39. The van der Waals surface area contributed by atoms with Crippen LogP contribution in [-0.4, -0.2) is 42.7 Å². The highest BCUT2D eigenvalue weighted by atomic mass is 16.5. The third-order valence-corrected chi connectivity index (χ3v) is 4.29. The number of hydrogen-bond acceptors (Lipinski definition) is 4. The van der Waals surface area contributed by atoms with Crippen molar-refractivity contribution in [3.8, 4) is 5.75 Å². The van der Waals surface area contributed by atoms with Gasteiger partial charge in [-0.25, -0.2) is 5.01 Å². The van der Waals surface area contributed by atoms with Gasteiger partial charge in [0.15, 0.2) is 0 Å². The number of ether oxygens (including phenoxy) is 1. The summed E-state index contributed by atoms with van der Waals surface area (Å²) in [5.74, 6) is 1.05. The maximum absolute atomic E-state index is 12.2. The normalized spacial score (nSPS) is 20.9. The van der Waals surface area contributed by atoms with Gasteiger partial charge >= 0.3 is 0 Å². The molecule has 0 aliphatic carbocycles. The quantitative estimate of drug-likeness (QED) is 0.915. The second-order valence-corrected chi connectivity index (χ2v) is 5.99. The maximum atomic E-state index is 12.2. The van der Waals surface area contributed by atoms with Crippen LogP contribution in [0.1, 0.15) is 24.8 Å². The number of hydrogen-bond donors (Lipinski definition) is 1. The predicted molar refractivity (Wildman–Crippen MR) is 86.2 cm³/mol. The van der Waals surface area contributed by atoms with E-state index in [9.17, 15) is 9.59 Å². The summed E-state index contributed by atoms with van der Waals surface area (Å²) in [4.78, 5) is 23.6. The fraction of sp³-hybridized carbons (Fsp3) is 0.471. The minimum Gasteiger partial charge on any atom is -0.493 e. The molecule has 122 valence electrons. The third-order valence-electron chi connectivity index (χ3n) is 4.29. The van der Waals surface area contributed by atoms with E-state index in [1.54, 1.807) is 7.05 Å². The Kier molecular flexibility index (Phi) is 4.60. The van der Waals surface area contributed by atoms with E-state index in [-0.39, 0.29) is 11.8 Å². The van der Waals surface area contributed by atoms with Gasteiger partial charge in [0, 0.05) is 26.4 Å². The van der Waals surface area contributed by atoms with Crippen molar-refractivity contribution < 1.29 is 14.3 Å². The molecule has 2 aliphatic heterocycles. The molecular weight excluding hydrogens is 294 g/mol. The smallest absolute Gasteiger partial charge is 0.267 e. The third kappa shape index (κ3) is 3.70. The molecule has 23 heavy (non-hydrogen) atoms. The van der Waals surface area contributed by atoms with Crippen molar-refractivity contribution >= 4 is 17.5 Å². The Bertz CT molecular complexity index is 642. The molecule has 0 fully saturated rings. The van der Waals surface area contributed by atoms with Crippen molar-refractivity contribution in [2.75, 3.05) is 20.2 Å². The first kappa shape index (κ1) is 15.5. The predicted octanol–water partition coefficient (Wildman–Crippen LogP) is 1.35. The second kappa shape index (κ2) is 6.81. The Morgan fingerprint density at radius 3 is 3.04 bits per heavy atom. The molecule has 1 aromatic rings. The first-order valence-corrected chi connectivity index (χ1v) is 7.96. The number of para-hydroxylation sites is 1. The van der Waals surface area contributed by atoms with E-state index in [2.05, 4.69) is 16.5 Å². The van der Waals surface area contributed by atoms with Crippen LogP contribution < -0.4 is 10.1 Å². The van der Waals surface area contributed by atoms with E-state index < -0.39 is 0 Å². The van der Waals surface area contributed by atoms with Crippen LogP contribution in [0.15, 0.2) is 29.4 Å². The number of rotatable bonds is 3. The Morgan fingerprint density at radius 2 is 2.22 bits per heavy atom. The molecule has 3 rings (SSSR count). The molecule has 0 radical (unpaired) electrons. The van der Waals surface area contributed by atoms with Gasteiger partial charge in [0.1, 0.15) is 11.5 Å². The Morgan fingerprint density at radius 1 is 1.39 bits per heavy atom. The Balaban J connectivity index is 1.57. The maximum Gasteiger partial charge on any atom is 0.267 e. The molecule has 0 unspecified atom stereocenters. The van der Waals surface area contributed by atoms with Crippen LogP contribution in [0.2, 0.25) is 0 Å². The van der Waals surface area contributed by atoms with Gasteiger partial charge in [-0.3, -0.25) is 9.59 Å². The van der Waals surface area contributed by atoms with Gasteiger partial charge in [-0.1, -0.05) is 18.2 Å². The van der Waals surface area contributed by atoms with Crippen LogP contribution in [0.5, 0.6) is 5.75 Å². The van der Waals surface area contributed by atoms with Crippen LogP contribution >= 0.6 is 0 Å². The molecular formula is C17H21N3O3. The molecule has 1 aromatic carbocycles. The molecule has 2 amide bonds. The van der Waals surface area contributed by atoms with E-state index in [0.717, 1.165) is 18.6 Å². The number of benzene rings is 1. The van der Waals surface area contributed by atoms with E-state index in [0.29, 0.717) is 37.6 Å². The number of nitrogens with one attached hydrogen (secondary N) is 1. The summed E-state index contributed by atoms with van der Waals surface area (Å²) in [5, 5.41) is 8.24. The molecule has 1 atom stereocenters. The van der Waals surface area contributed by atoms with Gasteiger partial charge in [-0.2, -0.15) is 5.10 Å². The second-order valence-electron chi connectivity index (χ2n) is 5.99. The van der Waals surface area contributed by atoms with Crippen LogP contribution in [0, 0.1) is 5.92 Å². The van der Waals surface area contributed by atoms with Gasteiger partial charge < -0.3 is 10.1 Å². The molecule has 0 bridgehead atoms.